The third-order valence-corrected chi connectivity index (χ3v) is 6.82. The lowest BCUT2D eigenvalue weighted by Gasteiger charge is -2.24. The highest BCUT2D eigenvalue weighted by Crippen LogP contribution is 2.23. The molecule has 222 valence electrons. The Morgan fingerprint density at radius 3 is 2.33 bits per heavy atom. The molecule has 3 aromatic carbocycles. The van der Waals surface area contributed by atoms with Gasteiger partial charge in [-0.15, -0.1) is 12.4 Å². The quantitative estimate of drug-likeness (QED) is 0.172. The minimum atomic E-state index is -0.770. The van der Waals surface area contributed by atoms with Crippen molar-refractivity contribution >= 4 is 29.8 Å². The highest BCUT2D eigenvalue weighted by molar-refractivity contribution is 5.85. The molecule has 1 aromatic heterocycles. The highest BCUT2D eigenvalue weighted by atomic mass is 35.5. The number of rotatable bonds is 11. The maximum atomic E-state index is 13.3. The fraction of sp³-hybridized carbons (Fsp3) is 0.303. The van der Waals surface area contributed by atoms with E-state index in [2.05, 4.69) is 71.0 Å². The van der Waals surface area contributed by atoms with Crippen molar-refractivity contribution in [1.29, 1.82) is 0 Å². The summed E-state index contributed by atoms with van der Waals surface area (Å²) >= 11 is 0. The van der Waals surface area contributed by atoms with Gasteiger partial charge in [-0.3, -0.25) is 4.79 Å². The van der Waals surface area contributed by atoms with Crippen LogP contribution < -0.4 is 16.0 Å². The van der Waals surface area contributed by atoms with Crippen molar-refractivity contribution in [2.24, 2.45) is 0 Å². The second kappa shape index (κ2) is 14.9. The summed E-state index contributed by atoms with van der Waals surface area (Å²) in [6, 6.07) is 23.7. The molecule has 0 fully saturated rings. The molecule has 0 bridgehead atoms. The summed E-state index contributed by atoms with van der Waals surface area (Å²) in [5.41, 5.74) is 5.76. The molecule has 0 aliphatic rings. The van der Waals surface area contributed by atoms with Crippen LogP contribution in [0.3, 0.4) is 0 Å². The van der Waals surface area contributed by atoms with Gasteiger partial charge in [0.2, 0.25) is 5.91 Å². The van der Waals surface area contributed by atoms with E-state index in [4.69, 9.17) is 0 Å². The summed E-state index contributed by atoms with van der Waals surface area (Å²) in [6.45, 7) is 8.98. The molecule has 0 unspecified atom stereocenters. The number of carbonyl (C=O) groups is 1. The molecule has 0 aliphatic carbocycles. The Labute approximate surface area is 253 Å². The molecule has 0 saturated carbocycles. The first-order valence-electron chi connectivity index (χ1n) is 13.8. The van der Waals surface area contributed by atoms with Gasteiger partial charge < -0.3 is 21.1 Å². The fourth-order valence-electron chi connectivity index (χ4n) is 4.53. The van der Waals surface area contributed by atoms with Gasteiger partial charge in [0.25, 0.3) is 0 Å². The standard InChI is InChI=1S/C33H38FN5O2.ClH/c1-22(40)38-30(31(41)20-35-19-24-6-5-7-26(16-24)33(2,3)4)17-23-8-14-28(15-9-23)39-32-18-29(36-21-37-32)25-10-12-27(34)13-11-25;/h5-16,18,21,30-31,35,41H,17,19-20H2,1-4H3,(H,38,40)(H,36,37,39);1H/t30-,31-;/m0./s1. The maximum absolute atomic E-state index is 13.3. The van der Waals surface area contributed by atoms with Crippen LogP contribution in [0.5, 0.6) is 0 Å². The number of amides is 1. The second-order valence-electron chi connectivity index (χ2n) is 11.3. The van der Waals surface area contributed by atoms with Gasteiger partial charge in [-0.05, 0) is 64.9 Å². The first-order valence-corrected chi connectivity index (χ1v) is 13.8. The van der Waals surface area contributed by atoms with Gasteiger partial charge in [0, 0.05) is 37.3 Å². The monoisotopic (exact) mass is 591 g/mol. The topological polar surface area (TPSA) is 99.2 Å². The van der Waals surface area contributed by atoms with Gasteiger partial charge in [-0.25, -0.2) is 14.4 Å². The van der Waals surface area contributed by atoms with Crippen LogP contribution in [-0.2, 0) is 23.2 Å². The molecule has 9 heteroatoms. The second-order valence-corrected chi connectivity index (χ2v) is 11.3. The number of nitrogens with zero attached hydrogens (tertiary/aromatic N) is 2. The number of halogens is 2. The van der Waals surface area contributed by atoms with E-state index in [1.165, 1.54) is 30.9 Å². The minimum absolute atomic E-state index is 0. The van der Waals surface area contributed by atoms with Crippen LogP contribution in [0.25, 0.3) is 11.3 Å². The van der Waals surface area contributed by atoms with Crippen molar-refractivity contribution < 1.29 is 14.3 Å². The van der Waals surface area contributed by atoms with Gasteiger partial charge in [0.15, 0.2) is 0 Å². The highest BCUT2D eigenvalue weighted by Gasteiger charge is 2.21. The van der Waals surface area contributed by atoms with Crippen molar-refractivity contribution in [1.82, 2.24) is 20.6 Å². The zero-order valence-electron chi connectivity index (χ0n) is 24.4. The maximum Gasteiger partial charge on any atom is 0.217 e. The molecular formula is C33H39ClFN5O2. The largest absolute Gasteiger partial charge is 0.390 e. The van der Waals surface area contributed by atoms with Crippen LogP contribution in [0.15, 0.2) is 85.2 Å². The van der Waals surface area contributed by atoms with Crippen LogP contribution in [0.1, 0.15) is 44.4 Å². The molecule has 4 N–H and O–H groups in total. The first-order chi connectivity index (χ1) is 19.6. The summed E-state index contributed by atoms with van der Waals surface area (Å²) < 4.78 is 13.3. The van der Waals surface area contributed by atoms with Crippen LogP contribution in [0.2, 0.25) is 0 Å². The number of aromatic nitrogens is 2. The average Bonchev–Trinajstić information content (AvgIpc) is 2.94. The van der Waals surface area contributed by atoms with Crippen LogP contribution >= 0.6 is 12.4 Å². The summed E-state index contributed by atoms with van der Waals surface area (Å²) in [7, 11) is 0. The summed E-state index contributed by atoms with van der Waals surface area (Å²) in [6.07, 6.45) is 1.17. The smallest absolute Gasteiger partial charge is 0.217 e. The summed E-state index contributed by atoms with van der Waals surface area (Å²) in [5, 5.41) is 20.4. The molecule has 7 nitrogen and oxygen atoms in total. The molecule has 2 atom stereocenters. The van der Waals surface area contributed by atoms with Gasteiger partial charge in [-0.1, -0.05) is 57.2 Å². The SMILES string of the molecule is CC(=O)N[C@@H](Cc1ccc(Nc2cc(-c3ccc(F)cc3)ncn2)cc1)[C@@H](O)CNCc1cccc(C(C)(C)C)c1.Cl. The molecule has 0 spiro atoms. The number of nitrogens with one attached hydrogen (secondary N) is 3. The lowest BCUT2D eigenvalue weighted by atomic mass is 9.86. The molecule has 0 aliphatic heterocycles. The molecule has 4 rings (SSSR count). The van der Waals surface area contributed by atoms with Crippen molar-refractivity contribution in [3.63, 3.8) is 0 Å². The van der Waals surface area contributed by atoms with Crippen LogP contribution in [0.4, 0.5) is 15.9 Å². The predicted octanol–water partition coefficient (Wildman–Crippen LogP) is 5.94. The minimum Gasteiger partial charge on any atom is -0.390 e. The van der Waals surface area contributed by atoms with Crippen molar-refractivity contribution in [2.75, 3.05) is 11.9 Å². The molecular weight excluding hydrogens is 553 g/mol. The fourth-order valence-corrected chi connectivity index (χ4v) is 4.53. The Balaban J connectivity index is 0.00000484. The number of hydrogen-bond donors (Lipinski definition) is 4. The number of benzene rings is 3. The Morgan fingerprint density at radius 1 is 0.952 bits per heavy atom. The Kier molecular flexibility index (Phi) is 11.6. The van der Waals surface area contributed by atoms with Gasteiger partial charge in [0.05, 0.1) is 17.8 Å². The lowest BCUT2D eigenvalue weighted by Crippen LogP contribution is -2.48. The van der Waals surface area contributed by atoms with Crippen LogP contribution in [-0.4, -0.2) is 39.7 Å². The predicted molar refractivity (Wildman–Crippen MR) is 169 cm³/mol. The van der Waals surface area contributed by atoms with Gasteiger partial charge in [-0.2, -0.15) is 0 Å². The first kappa shape index (κ1) is 32.7. The van der Waals surface area contributed by atoms with Crippen molar-refractivity contribution in [3.05, 3.63) is 108 Å². The van der Waals surface area contributed by atoms with E-state index in [9.17, 15) is 14.3 Å². The Bertz CT molecular complexity index is 1440. The Morgan fingerprint density at radius 2 is 1.67 bits per heavy atom. The van der Waals surface area contributed by atoms with Gasteiger partial charge >= 0.3 is 0 Å². The van der Waals surface area contributed by atoms with E-state index in [1.54, 1.807) is 18.2 Å². The summed E-state index contributed by atoms with van der Waals surface area (Å²) in [4.78, 5) is 20.5. The van der Waals surface area contributed by atoms with E-state index in [0.717, 1.165) is 22.4 Å². The van der Waals surface area contributed by atoms with Gasteiger partial charge in [0.1, 0.15) is 18.0 Å². The van der Waals surface area contributed by atoms with E-state index >= 15 is 0 Å². The van der Waals surface area contributed by atoms with E-state index in [0.29, 0.717) is 31.0 Å². The third kappa shape index (κ3) is 9.62. The molecule has 1 amide bonds. The molecule has 1 heterocycles. The zero-order valence-corrected chi connectivity index (χ0v) is 25.2. The number of aliphatic hydroxyl groups excluding tert-OH is 1. The number of aliphatic hydroxyl groups is 1. The zero-order chi connectivity index (χ0) is 29.4. The average molecular weight is 592 g/mol. The van der Waals surface area contributed by atoms with E-state index in [1.807, 2.05) is 24.3 Å². The molecule has 0 saturated heterocycles. The third-order valence-electron chi connectivity index (χ3n) is 6.82. The van der Waals surface area contributed by atoms with E-state index in [-0.39, 0.29) is 29.5 Å². The number of anilines is 2. The molecule has 42 heavy (non-hydrogen) atoms. The Hall–Kier alpha value is -3.85. The normalized spacial score (nSPS) is 12.6. The molecule has 4 aromatic rings. The number of carbonyl (C=O) groups excluding carboxylic acids is 1. The van der Waals surface area contributed by atoms with Crippen molar-refractivity contribution in [2.45, 2.75) is 58.2 Å². The number of hydrogen-bond acceptors (Lipinski definition) is 6. The lowest BCUT2D eigenvalue weighted by molar-refractivity contribution is -0.120. The van der Waals surface area contributed by atoms with Crippen molar-refractivity contribution in [3.8, 4) is 11.3 Å². The summed E-state index contributed by atoms with van der Waals surface area (Å²) in [5.74, 6) is 0.122. The van der Waals surface area contributed by atoms with Crippen LogP contribution in [0, 0.1) is 5.82 Å². The molecule has 0 radical (unpaired) electrons. The van der Waals surface area contributed by atoms with E-state index < -0.39 is 12.1 Å².